The molecule has 0 radical (unpaired) electrons. The molecule has 1 N–H and O–H groups in total. The Kier molecular flexibility index (Phi) is 4.15. The molecule has 0 fully saturated rings. The number of esters is 1. The van der Waals surface area contributed by atoms with Crippen molar-refractivity contribution >= 4 is 5.97 Å². The van der Waals surface area contributed by atoms with Gasteiger partial charge < -0.3 is 14.6 Å². The van der Waals surface area contributed by atoms with Crippen molar-refractivity contribution in [1.82, 2.24) is 0 Å². The van der Waals surface area contributed by atoms with Gasteiger partial charge in [0, 0.05) is 5.56 Å². The number of carbonyl (C=O) groups excluding carboxylic acids is 1. The molecule has 0 saturated carbocycles. The molecule has 0 unspecified atom stereocenters. The number of hydrogen-bond donors (Lipinski definition) is 1. The fraction of sp³-hybridized carbons (Fsp3) is 0.308. The topological polar surface area (TPSA) is 55.8 Å². The van der Waals surface area contributed by atoms with Gasteiger partial charge in [0.05, 0.1) is 7.11 Å². The monoisotopic (exact) mass is 236 g/mol. The van der Waals surface area contributed by atoms with Gasteiger partial charge in [0.1, 0.15) is 23.7 Å². The summed E-state index contributed by atoms with van der Waals surface area (Å²) in [6, 6.07) is 1.52. The van der Waals surface area contributed by atoms with E-state index in [4.69, 9.17) is 9.47 Å². The zero-order valence-corrected chi connectivity index (χ0v) is 10.2. The predicted molar refractivity (Wildman–Crippen MR) is 64.6 cm³/mol. The number of ether oxygens (including phenoxy) is 2. The summed E-state index contributed by atoms with van der Waals surface area (Å²) in [7, 11) is 1.31. The molecule has 0 bridgehead atoms. The lowest BCUT2D eigenvalue weighted by Gasteiger charge is -2.15. The second kappa shape index (κ2) is 5.39. The normalized spacial score (nSPS) is 9.82. The third kappa shape index (κ3) is 2.58. The van der Waals surface area contributed by atoms with Crippen LogP contribution in [-0.4, -0.2) is 24.8 Å². The molecular weight excluding hydrogens is 220 g/mol. The third-order valence-electron chi connectivity index (χ3n) is 2.43. The van der Waals surface area contributed by atoms with Crippen LogP contribution in [0, 0.1) is 13.8 Å². The lowest BCUT2D eigenvalue weighted by atomic mass is 10.0. The molecular formula is C13H16O4. The number of aromatic hydroxyl groups is 1. The predicted octanol–water partition coefficient (Wildman–Crippen LogP) is 2.36. The van der Waals surface area contributed by atoms with Crippen molar-refractivity contribution < 1.29 is 19.4 Å². The van der Waals surface area contributed by atoms with Crippen LogP contribution in [-0.2, 0) is 4.74 Å². The summed E-state index contributed by atoms with van der Waals surface area (Å²) in [5, 5.41) is 9.70. The van der Waals surface area contributed by atoms with Gasteiger partial charge in [0.15, 0.2) is 0 Å². The first-order valence-corrected chi connectivity index (χ1v) is 5.18. The Morgan fingerprint density at radius 1 is 1.53 bits per heavy atom. The summed E-state index contributed by atoms with van der Waals surface area (Å²) in [4.78, 5) is 11.7. The van der Waals surface area contributed by atoms with E-state index < -0.39 is 5.97 Å². The molecule has 1 aromatic rings. The first-order valence-electron chi connectivity index (χ1n) is 5.18. The molecule has 0 aromatic heterocycles. The average Bonchev–Trinajstić information content (AvgIpc) is 2.31. The molecule has 4 nitrogen and oxygen atoms in total. The van der Waals surface area contributed by atoms with E-state index in [1.165, 1.54) is 13.2 Å². The van der Waals surface area contributed by atoms with Crippen LogP contribution in [0.3, 0.4) is 0 Å². The number of carbonyl (C=O) groups is 1. The van der Waals surface area contributed by atoms with Crippen molar-refractivity contribution in [3.63, 3.8) is 0 Å². The molecule has 0 aliphatic heterocycles. The Balaban J connectivity index is 3.38. The summed E-state index contributed by atoms with van der Waals surface area (Å²) < 4.78 is 10.1. The van der Waals surface area contributed by atoms with E-state index in [9.17, 15) is 9.90 Å². The molecule has 92 valence electrons. The van der Waals surface area contributed by atoms with Crippen LogP contribution in [0.1, 0.15) is 21.5 Å². The van der Waals surface area contributed by atoms with Crippen LogP contribution < -0.4 is 4.74 Å². The Labute approximate surface area is 100 Å². The van der Waals surface area contributed by atoms with E-state index in [1.807, 2.05) is 0 Å². The van der Waals surface area contributed by atoms with E-state index in [1.54, 1.807) is 19.9 Å². The summed E-state index contributed by atoms with van der Waals surface area (Å²) in [6.07, 6.45) is 1.57. The standard InChI is InChI=1S/C13H16O4/c1-5-6-17-12-9(3)10(14)7-8(2)11(12)13(15)16-4/h5,7,14H,1,6H2,2-4H3. The van der Waals surface area contributed by atoms with E-state index in [0.29, 0.717) is 22.4 Å². The average molecular weight is 236 g/mol. The zero-order valence-electron chi connectivity index (χ0n) is 10.2. The first-order chi connectivity index (χ1) is 8.02. The maximum Gasteiger partial charge on any atom is 0.341 e. The minimum atomic E-state index is -0.482. The highest BCUT2D eigenvalue weighted by Crippen LogP contribution is 2.34. The highest BCUT2D eigenvalue weighted by Gasteiger charge is 2.20. The van der Waals surface area contributed by atoms with Crippen molar-refractivity contribution in [2.24, 2.45) is 0 Å². The maximum atomic E-state index is 11.7. The second-order valence-electron chi connectivity index (χ2n) is 3.63. The summed E-state index contributed by atoms with van der Waals surface area (Å²) in [5.41, 5.74) is 1.46. The molecule has 0 saturated heterocycles. The van der Waals surface area contributed by atoms with Gasteiger partial charge in [-0.05, 0) is 25.5 Å². The van der Waals surface area contributed by atoms with E-state index in [0.717, 1.165) is 0 Å². The maximum absolute atomic E-state index is 11.7. The SMILES string of the molecule is C=CCOc1c(C)c(O)cc(C)c1C(=O)OC. The van der Waals surface area contributed by atoms with Gasteiger partial charge in [-0.3, -0.25) is 0 Å². The number of benzene rings is 1. The van der Waals surface area contributed by atoms with Crippen LogP contribution in [0.2, 0.25) is 0 Å². The number of phenolic OH excluding ortho intramolecular Hbond substituents is 1. The smallest absolute Gasteiger partial charge is 0.341 e. The Hall–Kier alpha value is -1.97. The van der Waals surface area contributed by atoms with Crippen molar-refractivity contribution in [1.29, 1.82) is 0 Å². The molecule has 0 aliphatic carbocycles. The van der Waals surface area contributed by atoms with Crippen LogP contribution in [0.25, 0.3) is 0 Å². The van der Waals surface area contributed by atoms with Crippen LogP contribution in [0.5, 0.6) is 11.5 Å². The molecule has 4 heteroatoms. The van der Waals surface area contributed by atoms with Gasteiger partial charge in [-0.2, -0.15) is 0 Å². The Bertz CT molecular complexity index is 449. The fourth-order valence-corrected chi connectivity index (χ4v) is 1.55. The van der Waals surface area contributed by atoms with E-state index >= 15 is 0 Å². The Morgan fingerprint density at radius 2 is 2.18 bits per heavy atom. The van der Waals surface area contributed by atoms with E-state index in [-0.39, 0.29) is 12.4 Å². The van der Waals surface area contributed by atoms with Crippen molar-refractivity contribution in [3.8, 4) is 11.5 Å². The summed E-state index contributed by atoms with van der Waals surface area (Å²) in [6.45, 7) is 7.19. The highest BCUT2D eigenvalue weighted by molar-refractivity contribution is 5.95. The van der Waals surface area contributed by atoms with Crippen molar-refractivity contribution in [3.05, 3.63) is 35.4 Å². The van der Waals surface area contributed by atoms with Crippen LogP contribution in [0.4, 0.5) is 0 Å². The molecule has 1 rings (SSSR count). The zero-order chi connectivity index (χ0) is 13.0. The highest BCUT2D eigenvalue weighted by atomic mass is 16.5. The number of phenols is 1. The van der Waals surface area contributed by atoms with Crippen LogP contribution >= 0.6 is 0 Å². The molecule has 0 spiro atoms. The van der Waals surface area contributed by atoms with Gasteiger partial charge in [0.25, 0.3) is 0 Å². The van der Waals surface area contributed by atoms with Crippen molar-refractivity contribution in [2.75, 3.05) is 13.7 Å². The fourth-order valence-electron chi connectivity index (χ4n) is 1.55. The molecule has 0 heterocycles. The quantitative estimate of drug-likeness (QED) is 0.644. The molecule has 0 atom stereocenters. The minimum Gasteiger partial charge on any atom is -0.508 e. The van der Waals surface area contributed by atoms with E-state index in [2.05, 4.69) is 6.58 Å². The number of rotatable bonds is 4. The summed E-state index contributed by atoms with van der Waals surface area (Å²) >= 11 is 0. The summed E-state index contributed by atoms with van der Waals surface area (Å²) in [5.74, 6) is -0.0480. The number of aryl methyl sites for hydroxylation is 1. The molecule has 0 aliphatic rings. The molecule has 1 aromatic carbocycles. The minimum absolute atomic E-state index is 0.0919. The lowest BCUT2D eigenvalue weighted by Crippen LogP contribution is -2.09. The third-order valence-corrected chi connectivity index (χ3v) is 2.43. The van der Waals surface area contributed by atoms with Gasteiger partial charge >= 0.3 is 5.97 Å². The van der Waals surface area contributed by atoms with Gasteiger partial charge in [-0.25, -0.2) is 4.79 Å². The second-order valence-corrected chi connectivity index (χ2v) is 3.63. The number of hydrogen-bond acceptors (Lipinski definition) is 4. The largest absolute Gasteiger partial charge is 0.508 e. The molecule has 17 heavy (non-hydrogen) atoms. The van der Waals surface area contributed by atoms with Gasteiger partial charge in [-0.1, -0.05) is 12.7 Å². The Morgan fingerprint density at radius 3 is 2.71 bits per heavy atom. The van der Waals surface area contributed by atoms with Crippen molar-refractivity contribution in [2.45, 2.75) is 13.8 Å². The van der Waals surface area contributed by atoms with Gasteiger partial charge in [0.2, 0.25) is 0 Å². The number of methoxy groups -OCH3 is 1. The molecule has 0 amide bonds. The first kappa shape index (κ1) is 13.1. The van der Waals surface area contributed by atoms with Crippen LogP contribution in [0.15, 0.2) is 18.7 Å². The lowest BCUT2D eigenvalue weighted by molar-refractivity contribution is 0.0595. The van der Waals surface area contributed by atoms with Gasteiger partial charge in [-0.15, -0.1) is 0 Å².